The lowest BCUT2D eigenvalue weighted by atomic mass is 9.97. The fourth-order valence-corrected chi connectivity index (χ4v) is 3.78. The molecular formula is C20H27N3O5. The molecule has 0 radical (unpaired) electrons. The molecule has 2 aliphatic heterocycles. The van der Waals surface area contributed by atoms with Gasteiger partial charge < -0.3 is 24.5 Å². The molecule has 0 aromatic heterocycles. The van der Waals surface area contributed by atoms with E-state index in [1.54, 1.807) is 11.0 Å². The first-order valence-corrected chi connectivity index (χ1v) is 9.78. The van der Waals surface area contributed by atoms with E-state index >= 15 is 0 Å². The Bertz CT molecular complexity index is 730. The van der Waals surface area contributed by atoms with Gasteiger partial charge in [0.05, 0.1) is 12.5 Å². The van der Waals surface area contributed by atoms with Crippen LogP contribution in [0.15, 0.2) is 24.3 Å². The molecule has 1 aromatic rings. The van der Waals surface area contributed by atoms with Gasteiger partial charge >= 0.3 is 12.1 Å². The van der Waals surface area contributed by atoms with E-state index in [0.717, 1.165) is 25.1 Å². The van der Waals surface area contributed by atoms with Crippen molar-refractivity contribution in [3.8, 4) is 0 Å². The summed E-state index contributed by atoms with van der Waals surface area (Å²) in [6, 6.07) is 7.44. The molecule has 3 rings (SSSR count). The molecule has 8 nitrogen and oxygen atoms in total. The average molecular weight is 389 g/mol. The van der Waals surface area contributed by atoms with Crippen LogP contribution in [-0.2, 0) is 9.53 Å². The lowest BCUT2D eigenvalue weighted by molar-refractivity contribution is -0.148. The number of piperazine rings is 1. The predicted octanol–water partition coefficient (Wildman–Crippen LogP) is 1.90. The van der Waals surface area contributed by atoms with E-state index in [2.05, 4.69) is 4.90 Å². The zero-order valence-corrected chi connectivity index (χ0v) is 16.2. The van der Waals surface area contributed by atoms with Gasteiger partial charge in [0, 0.05) is 50.5 Å². The molecule has 1 unspecified atom stereocenters. The van der Waals surface area contributed by atoms with E-state index in [4.69, 9.17) is 9.84 Å². The van der Waals surface area contributed by atoms with Crippen LogP contribution in [0.3, 0.4) is 0 Å². The van der Waals surface area contributed by atoms with E-state index in [1.165, 1.54) is 4.90 Å². The number of ether oxygens (including phenoxy) is 1. The first kappa shape index (κ1) is 20.0. The molecule has 2 amide bonds. The molecule has 28 heavy (non-hydrogen) atoms. The Labute approximate surface area is 164 Å². The number of rotatable bonds is 4. The molecule has 2 saturated heterocycles. The molecule has 0 spiro atoms. The first-order chi connectivity index (χ1) is 13.5. The van der Waals surface area contributed by atoms with E-state index < -0.39 is 6.09 Å². The number of benzene rings is 1. The number of carbonyl (C=O) groups is 3. The fourth-order valence-electron chi connectivity index (χ4n) is 3.78. The van der Waals surface area contributed by atoms with Crippen molar-refractivity contribution in [1.29, 1.82) is 0 Å². The van der Waals surface area contributed by atoms with Crippen molar-refractivity contribution in [2.24, 2.45) is 5.92 Å². The van der Waals surface area contributed by atoms with Crippen LogP contribution in [0, 0.1) is 5.92 Å². The van der Waals surface area contributed by atoms with Crippen LogP contribution in [0.25, 0.3) is 0 Å². The van der Waals surface area contributed by atoms with Crippen molar-refractivity contribution in [1.82, 2.24) is 9.80 Å². The predicted molar refractivity (Wildman–Crippen MR) is 104 cm³/mol. The Morgan fingerprint density at radius 3 is 2.50 bits per heavy atom. The third kappa shape index (κ3) is 4.55. The summed E-state index contributed by atoms with van der Waals surface area (Å²) in [5.74, 6) is -0.390. The number of anilines is 1. The summed E-state index contributed by atoms with van der Waals surface area (Å²) in [5, 5.41) is 9.04. The Balaban J connectivity index is 1.66. The Morgan fingerprint density at radius 2 is 1.82 bits per heavy atom. The summed E-state index contributed by atoms with van der Waals surface area (Å²) in [5.41, 5.74) is 1.50. The van der Waals surface area contributed by atoms with Gasteiger partial charge in [-0.25, -0.2) is 4.79 Å². The number of piperidine rings is 1. The van der Waals surface area contributed by atoms with Crippen LogP contribution < -0.4 is 4.90 Å². The Morgan fingerprint density at radius 1 is 1.11 bits per heavy atom. The average Bonchev–Trinajstić information content (AvgIpc) is 2.73. The Kier molecular flexibility index (Phi) is 6.38. The molecule has 0 aliphatic carbocycles. The van der Waals surface area contributed by atoms with Crippen molar-refractivity contribution in [2.75, 3.05) is 50.8 Å². The fraction of sp³-hybridized carbons (Fsp3) is 0.550. The molecule has 0 saturated carbocycles. The summed E-state index contributed by atoms with van der Waals surface area (Å²) in [7, 11) is 0. The molecule has 2 fully saturated rings. The smallest absolute Gasteiger partial charge is 0.407 e. The van der Waals surface area contributed by atoms with E-state index in [1.807, 2.05) is 25.1 Å². The number of carbonyl (C=O) groups excluding carboxylic acids is 2. The standard InChI is InChI=1S/C20H27N3O5/c1-2-28-19(25)16-6-4-8-23(14-16)17-7-3-5-15(13-17)18(24)21-9-11-22(12-10-21)20(26)27/h3,5,7,13,16H,2,4,6,8-12,14H2,1H3,(H,26,27). The highest BCUT2D eigenvalue weighted by atomic mass is 16.5. The van der Waals surface area contributed by atoms with Crippen LogP contribution in [0.2, 0.25) is 0 Å². The van der Waals surface area contributed by atoms with Crippen LogP contribution in [0.1, 0.15) is 30.1 Å². The van der Waals surface area contributed by atoms with Crippen LogP contribution in [-0.4, -0.2) is 78.8 Å². The molecular weight excluding hydrogens is 362 g/mol. The highest BCUT2D eigenvalue weighted by molar-refractivity contribution is 5.95. The summed E-state index contributed by atoms with van der Waals surface area (Å²) >= 11 is 0. The lowest BCUT2D eigenvalue weighted by Crippen LogP contribution is -2.50. The minimum Gasteiger partial charge on any atom is -0.466 e. The summed E-state index contributed by atoms with van der Waals surface area (Å²) in [6.45, 7) is 5.06. The second-order valence-corrected chi connectivity index (χ2v) is 7.15. The maximum absolute atomic E-state index is 12.8. The molecule has 152 valence electrons. The van der Waals surface area contributed by atoms with Crippen LogP contribution >= 0.6 is 0 Å². The number of nitrogens with zero attached hydrogens (tertiary/aromatic N) is 3. The normalized spacial score (nSPS) is 20.0. The third-order valence-electron chi connectivity index (χ3n) is 5.34. The van der Waals surface area contributed by atoms with Crippen LogP contribution in [0.4, 0.5) is 10.5 Å². The van der Waals surface area contributed by atoms with Gasteiger partial charge in [0.1, 0.15) is 0 Å². The van der Waals surface area contributed by atoms with E-state index in [-0.39, 0.29) is 17.8 Å². The van der Waals surface area contributed by atoms with Gasteiger partial charge in [-0.3, -0.25) is 9.59 Å². The highest BCUT2D eigenvalue weighted by Gasteiger charge is 2.28. The van der Waals surface area contributed by atoms with Crippen molar-refractivity contribution >= 4 is 23.7 Å². The topological polar surface area (TPSA) is 90.4 Å². The number of carboxylic acid groups (broad SMARTS) is 1. The van der Waals surface area contributed by atoms with Crippen molar-refractivity contribution in [3.05, 3.63) is 29.8 Å². The minimum absolute atomic E-state index is 0.0918. The van der Waals surface area contributed by atoms with Gasteiger partial charge in [-0.15, -0.1) is 0 Å². The number of hydrogen-bond acceptors (Lipinski definition) is 5. The quantitative estimate of drug-likeness (QED) is 0.791. The number of esters is 1. The van der Waals surface area contributed by atoms with Gasteiger partial charge in [0.2, 0.25) is 0 Å². The largest absolute Gasteiger partial charge is 0.466 e. The number of amides is 2. The summed E-state index contributed by atoms with van der Waals surface area (Å²) in [6.07, 6.45) is 0.774. The van der Waals surface area contributed by atoms with E-state index in [9.17, 15) is 14.4 Å². The third-order valence-corrected chi connectivity index (χ3v) is 5.34. The minimum atomic E-state index is -0.949. The zero-order valence-electron chi connectivity index (χ0n) is 16.2. The van der Waals surface area contributed by atoms with Gasteiger partial charge in [-0.1, -0.05) is 6.07 Å². The maximum Gasteiger partial charge on any atom is 0.407 e. The van der Waals surface area contributed by atoms with Gasteiger partial charge in [-0.2, -0.15) is 0 Å². The highest BCUT2D eigenvalue weighted by Crippen LogP contribution is 2.25. The molecule has 1 aromatic carbocycles. The van der Waals surface area contributed by atoms with Crippen LogP contribution in [0.5, 0.6) is 0 Å². The molecule has 1 N–H and O–H groups in total. The second-order valence-electron chi connectivity index (χ2n) is 7.15. The van der Waals surface area contributed by atoms with Crippen molar-refractivity contribution in [2.45, 2.75) is 19.8 Å². The molecule has 2 aliphatic rings. The molecule has 1 atom stereocenters. The van der Waals surface area contributed by atoms with E-state index in [0.29, 0.717) is 44.9 Å². The lowest BCUT2D eigenvalue weighted by Gasteiger charge is -2.34. The number of hydrogen-bond donors (Lipinski definition) is 1. The van der Waals surface area contributed by atoms with Gasteiger partial charge in [0.15, 0.2) is 0 Å². The van der Waals surface area contributed by atoms with Crippen molar-refractivity contribution < 1.29 is 24.2 Å². The summed E-state index contributed by atoms with van der Waals surface area (Å²) in [4.78, 5) is 41.1. The molecule has 0 bridgehead atoms. The second kappa shape index (κ2) is 8.95. The molecule has 2 heterocycles. The molecule has 8 heteroatoms. The van der Waals surface area contributed by atoms with Gasteiger partial charge in [-0.05, 0) is 38.0 Å². The summed E-state index contributed by atoms with van der Waals surface area (Å²) < 4.78 is 5.16. The zero-order chi connectivity index (χ0) is 20.1. The maximum atomic E-state index is 12.8. The monoisotopic (exact) mass is 389 g/mol. The van der Waals surface area contributed by atoms with Crippen molar-refractivity contribution in [3.63, 3.8) is 0 Å². The van der Waals surface area contributed by atoms with Gasteiger partial charge in [0.25, 0.3) is 5.91 Å². The first-order valence-electron chi connectivity index (χ1n) is 9.78. The SMILES string of the molecule is CCOC(=O)C1CCCN(c2cccc(C(=O)N3CCN(C(=O)O)CC3)c2)C1. The Hall–Kier alpha value is -2.77.